The molecule has 0 spiro atoms. The summed E-state index contributed by atoms with van der Waals surface area (Å²) in [4.78, 5) is 12.1. The Labute approximate surface area is 106 Å². The predicted molar refractivity (Wildman–Crippen MR) is 66.2 cm³/mol. The van der Waals surface area contributed by atoms with E-state index in [1.165, 1.54) is 0 Å². The van der Waals surface area contributed by atoms with Gasteiger partial charge in [-0.05, 0) is 30.9 Å². The Bertz CT molecular complexity index is 559. The van der Waals surface area contributed by atoms with Crippen molar-refractivity contribution in [3.05, 3.63) is 29.8 Å². The average molecular weight is 239 g/mol. The van der Waals surface area contributed by atoms with Crippen LogP contribution in [0.3, 0.4) is 0 Å². The number of rotatable bonds is 2. The predicted octanol–water partition coefficient (Wildman–Crippen LogP) is 2.44. The van der Waals surface area contributed by atoms with Gasteiger partial charge >= 0.3 is 0 Å². The van der Waals surface area contributed by atoms with Crippen molar-refractivity contribution in [3.63, 3.8) is 0 Å². The zero-order valence-electron chi connectivity index (χ0n) is 10.1. The lowest BCUT2D eigenvalue weighted by atomic mass is 9.63. The highest BCUT2D eigenvalue weighted by molar-refractivity contribution is 5.98. The van der Waals surface area contributed by atoms with Gasteiger partial charge in [-0.3, -0.25) is 4.79 Å². The van der Waals surface area contributed by atoms with Gasteiger partial charge in [0.1, 0.15) is 11.5 Å². The van der Waals surface area contributed by atoms with Crippen molar-refractivity contribution in [1.29, 1.82) is 10.5 Å². The van der Waals surface area contributed by atoms with Gasteiger partial charge in [0.15, 0.2) is 0 Å². The van der Waals surface area contributed by atoms with Crippen LogP contribution in [-0.2, 0) is 4.79 Å². The summed E-state index contributed by atoms with van der Waals surface area (Å²) in [5.74, 6) is 0.104. The Morgan fingerprint density at radius 3 is 2.61 bits per heavy atom. The maximum absolute atomic E-state index is 12.1. The molecule has 0 bridgehead atoms. The zero-order chi connectivity index (χ0) is 13.2. The van der Waals surface area contributed by atoms with Crippen molar-refractivity contribution in [2.24, 2.45) is 11.3 Å². The minimum atomic E-state index is -0.915. The monoisotopic (exact) mass is 239 g/mol. The Morgan fingerprint density at radius 1 is 1.39 bits per heavy atom. The summed E-state index contributed by atoms with van der Waals surface area (Å²) in [5, 5.41) is 20.8. The molecule has 1 aromatic carbocycles. The Morgan fingerprint density at radius 2 is 2.06 bits per heavy atom. The maximum atomic E-state index is 12.1. The number of hydrogen-bond acceptors (Lipinski definition) is 3. The molecule has 0 heterocycles. The van der Waals surface area contributed by atoms with Crippen LogP contribution >= 0.6 is 0 Å². The Balaban J connectivity index is 2.18. The number of para-hydroxylation sites is 1. The molecular weight excluding hydrogens is 226 g/mol. The summed E-state index contributed by atoms with van der Waals surface area (Å²) in [5.41, 5.74) is -0.0346. The number of anilines is 1. The molecule has 0 unspecified atom stereocenters. The molecule has 0 radical (unpaired) electrons. The van der Waals surface area contributed by atoms with Gasteiger partial charge in [0.05, 0.1) is 17.3 Å². The van der Waals surface area contributed by atoms with Crippen molar-refractivity contribution in [2.45, 2.75) is 19.8 Å². The highest BCUT2D eigenvalue weighted by Crippen LogP contribution is 2.45. The Kier molecular flexibility index (Phi) is 3.04. The number of amides is 1. The Hall–Kier alpha value is -2.33. The van der Waals surface area contributed by atoms with E-state index in [1.54, 1.807) is 24.3 Å². The largest absolute Gasteiger partial charge is 0.324 e. The van der Waals surface area contributed by atoms with Crippen LogP contribution in [0.25, 0.3) is 0 Å². The van der Waals surface area contributed by atoms with E-state index < -0.39 is 5.41 Å². The third-order valence-corrected chi connectivity index (χ3v) is 3.34. The van der Waals surface area contributed by atoms with Crippen molar-refractivity contribution < 1.29 is 4.79 Å². The number of nitriles is 2. The topological polar surface area (TPSA) is 76.7 Å². The summed E-state index contributed by atoms with van der Waals surface area (Å²) >= 11 is 0. The fourth-order valence-corrected chi connectivity index (χ4v) is 2.39. The molecule has 2 rings (SSSR count). The number of benzene rings is 1. The average Bonchev–Trinajstić information content (AvgIpc) is 2.35. The molecule has 90 valence electrons. The van der Waals surface area contributed by atoms with E-state index >= 15 is 0 Å². The smallest absolute Gasteiger partial charge is 0.244 e. The molecule has 4 heteroatoms. The molecule has 1 aromatic rings. The van der Waals surface area contributed by atoms with Crippen LogP contribution < -0.4 is 5.32 Å². The molecule has 0 aromatic heterocycles. The number of nitrogens with one attached hydrogen (secondary N) is 1. The lowest BCUT2D eigenvalue weighted by molar-refractivity contribution is -0.128. The van der Waals surface area contributed by atoms with Crippen LogP contribution in [0.5, 0.6) is 0 Å². The summed E-state index contributed by atoms with van der Waals surface area (Å²) in [6.07, 6.45) is 1.17. The molecular formula is C14H13N3O. The first-order valence-electron chi connectivity index (χ1n) is 5.83. The van der Waals surface area contributed by atoms with Gasteiger partial charge in [-0.25, -0.2) is 0 Å². The van der Waals surface area contributed by atoms with Crippen LogP contribution in [0.2, 0.25) is 0 Å². The quantitative estimate of drug-likeness (QED) is 0.861. The van der Waals surface area contributed by atoms with Crippen LogP contribution in [0, 0.1) is 34.0 Å². The van der Waals surface area contributed by atoms with E-state index in [0.29, 0.717) is 30.0 Å². The standard InChI is InChI=1S/C14H13N3O/c1-10-6-14(7-10,9-16)13(18)17-12-5-3-2-4-11(12)8-15/h2-5,10H,6-7H2,1H3,(H,17,18). The molecule has 1 aliphatic rings. The second-order valence-electron chi connectivity index (χ2n) is 4.82. The number of carbonyl (C=O) groups is 1. The fourth-order valence-electron chi connectivity index (χ4n) is 2.39. The van der Waals surface area contributed by atoms with Gasteiger partial charge in [0, 0.05) is 0 Å². The summed E-state index contributed by atoms with van der Waals surface area (Å²) in [6.45, 7) is 2.02. The van der Waals surface area contributed by atoms with E-state index in [0.717, 1.165) is 0 Å². The normalized spacial score (nSPS) is 25.4. The van der Waals surface area contributed by atoms with E-state index in [9.17, 15) is 4.79 Å². The van der Waals surface area contributed by atoms with Crippen LogP contribution in [0.1, 0.15) is 25.3 Å². The molecule has 0 aliphatic heterocycles. The molecule has 1 aliphatic carbocycles. The van der Waals surface area contributed by atoms with Gasteiger partial charge in [-0.15, -0.1) is 0 Å². The van der Waals surface area contributed by atoms with E-state index in [1.807, 2.05) is 13.0 Å². The van der Waals surface area contributed by atoms with Crippen LogP contribution in [0.4, 0.5) is 5.69 Å². The molecule has 1 amide bonds. The van der Waals surface area contributed by atoms with Gasteiger partial charge in [0.25, 0.3) is 0 Å². The summed E-state index contributed by atoms with van der Waals surface area (Å²) < 4.78 is 0. The fraction of sp³-hybridized carbons (Fsp3) is 0.357. The maximum Gasteiger partial charge on any atom is 0.244 e. The first-order chi connectivity index (χ1) is 8.61. The highest BCUT2D eigenvalue weighted by Gasteiger charge is 2.49. The van der Waals surface area contributed by atoms with Gasteiger partial charge in [-0.2, -0.15) is 10.5 Å². The molecule has 1 saturated carbocycles. The minimum Gasteiger partial charge on any atom is -0.324 e. The third kappa shape index (κ3) is 1.94. The molecule has 4 nitrogen and oxygen atoms in total. The first-order valence-corrected chi connectivity index (χ1v) is 5.83. The number of nitrogens with zero attached hydrogens (tertiary/aromatic N) is 2. The third-order valence-electron chi connectivity index (χ3n) is 3.34. The van der Waals surface area contributed by atoms with Crippen molar-refractivity contribution in [1.82, 2.24) is 0 Å². The first kappa shape index (κ1) is 12.1. The van der Waals surface area contributed by atoms with Gasteiger partial charge < -0.3 is 5.32 Å². The minimum absolute atomic E-state index is 0.300. The highest BCUT2D eigenvalue weighted by atomic mass is 16.2. The molecule has 18 heavy (non-hydrogen) atoms. The van der Waals surface area contributed by atoms with Crippen LogP contribution in [0.15, 0.2) is 24.3 Å². The summed E-state index contributed by atoms with van der Waals surface area (Å²) in [7, 11) is 0. The zero-order valence-corrected chi connectivity index (χ0v) is 10.1. The SMILES string of the molecule is CC1CC(C#N)(C(=O)Nc2ccccc2C#N)C1. The number of carbonyl (C=O) groups excluding carboxylic acids is 1. The molecule has 0 atom stereocenters. The van der Waals surface area contributed by atoms with Crippen LogP contribution in [-0.4, -0.2) is 5.91 Å². The van der Waals surface area contributed by atoms with Crippen molar-refractivity contribution in [3.8, 4) is 12.1 Å². The lowest BCUT2D eigenvalue weighted by Crippen LogP contribution is -2.45. The van der Waals surface area contributed by atoms with E-state index in [4.69, 9.17) is 10.5 Å². The lowest BCUT2D eigenvalue weighted by Gasteiger charge is -2.39. The molecule has 0 saturated heterocycles. The van der Waals surface area contributed by atoms with Gasteiger partial charge in [0.2, 0.25) is 5.91 Å². The molecule has 1 fully saturated rings. The molecule has 1 N–H and O–H groups in total. The van der Waals surface area contributed by atoms with Crippen molar-refractivity contribution in [2.75, 3.05) is 5.32 Å². The van der Waals surface area contributed by atoms with Gasteiger partial charge in [-0.1, -0.05) is 19.1 Å². The second-order valence-corrected chi connectivity index (χ2v) is 4.82. The summed E-state index contributed by atoms with van der Waals surface area (Å²) in [6, 6.07) is 10.9. The van der Waals surface area contributed by atoms with E-state index in [-0.39, 0.29) is 5.91 Å². The van der Waals surface area contributed by atoms with Crippen molar-refractivity contribution >= 4 is 11.6 Å². The van der Waals surface area contributed by atoms with E-state index in [2.05, 4.69) is 11.4 Å². The second kappa shape index (κ2) is 4.50. The number of hydrogen-bond donors (Lipinski definition) is 1.